The van der Waals surface area contributed by atoms with Gasteiger partial charge in [-0.25, -0.2) is 0 Å². The molecule has 1 N–H and O–H groups in total. The van der Waals surface area contributed by atoms with Gasteiger partial charge in [-0.05, 0) is 89.7 Å². The minimum Gasteiger partial charge on any atom is -0.493 e. The third-order valence-electron chi connectivity index (χ3n) is 8.27. The molecule has 0 radical (unpaired) electrons. The van der Waals surface area contributed by atoms with Crippen molar-refractivity contribution < 1.29 is 14.3 Å². The van der Waals surface area contributed by atoms with Crippen LogP contribution < -0.4 is 14.8 Å². The lowest BCUT2D eigenvalue weighted by atomic mass is 9.80. The normalized spacial score (nSPS) is 26.9. The van der Waals surface area contributed by atoms with E-state index < -0.39 is 0 Å². The van der Waals surface area contributed by atoms with Crippen LogP contribution in [0.25, 0.3) is 0 Å². The van der Waals surface area contributed by atoms with Gasteiger partial charge >= 0.3 is 0 Å². The van der Waals surface area contributed by atoms with Crippen molar-refractivity contribution in [2.75, 3.05) is 26.7 Å². The van der Waals surface area contributed by atoms with Crippen molar-refractivity contribution in [1.29, 1.82) is 0 Å². The van der Waals surface area contributed by atoms with Crippen LogP contribution in [-0.2, 0) is 12.8 Å². The van der Waals surface area contributed by atoms with Gasteiger partial charge < -0.3 is 19.7 Å². The summed E-state index contributed by atoms with van der Waals surface area (Å²) in [5, 5.41) is 3.34. The molecule has 0 spiro atoms. The van der Waals surface area contributed by atoms with Crippen molar-refractivity contribution in [1.82, 2.24) is 10.2 Å². The van der Waals surface area contributed by atoms with Crippen molar-refractivity contribution in [3.05, 3.63) is 58.1 Å². The van der Waals surface area contributed by atoms with Crippen molar-refractivity contribution in [3.63, 3.8) is 0 Å². The van der Waals surface area contributed by atoms with E-state index in [1.165, 1.54) is 18.4 Å². The van der Waals surface area contributed by atoms with Gasteiger partial charge in [0.05, 0.1) is 18.4 Å². The fraction of sp³-hybridized carbons (Fsp3) is 0.533. The second-order valence-corrected chi connectivity index (χ2v) is 12.2. The summed E-state index contributed by atoms with van der Waals surface area (Å²) < 4.78 is 12.1. The zero-order chi connectivity index (χ0) is 25.2. The topological polar surface area (TPSA) is 63.2 Å². The molecule has 190 valence electrons. The standard InChI is InChI=1S/C30H37N3O3/c1-29(2)15-21-14-24(35-5)27-22(16-30(3,4)36-27)25(21)26(32-29)19-7-6-8-20(13-19)28(34)31-23-17-33-11-9-18(23)10-12-33/h6-8,13-14,18,23H,9-12,15-17H2,1-5H3,(H,31,34). The predicted octanol–water partition coefficient (Wildman–Crippen LogP) is 4.40. The summed E-state index contributed by atoms with van der Waals surface area (Å²) in [5.41, 5.74) is 5.57. The fourth-order valence-electron chi connectivity index (χ4n) is 6.62. The molecular formula is C30H37N3O3. The summed E-state index contributed by atoms with van der Waals surface area (Å²) in [6.07, 6.45) is 3.98. The summed E-state index contributed by atoms with van der Waals surface area (Å²) in [7, 11) is 1.71. The number of fused-ring (bicyclic) bond motifs is 6. The van der Waals surface area contributed by atoms with E-state index in [0.717, 1.165) is 66.4 Å². The number of nitrogens with zero attached hydrogens (tertiary/aromatic N) is 2. The number of methoxy groups -OCH3 is 1. The first kappa shape index (κ1) is 23.5. The Labute approximate surface area is 214 Å². The monoisotopic (exact) mass is 487 g/mol. The maximum absolute atomic E-state index is 13.3. The number of ether oxygens (including phenoxy) is 2. The first-order valence-corrected chi connectivity index (χ1v) is 13.3. The van der Waals surface area contributed by atoms with Crippen molar-refractivity contribution in [2.24, 2.45) is 10.9 Å². The number of piperidine rings is 3. The highest BCUT2D eigenvalue weighted by Crippen LogP contribution is 2.47. The van der Waals surface area contributed by atoms with Gasteiger partial charge in [0, 0.05) is 41.3 Å². The van der Waals surface area contributed by atoms with E-state index in [1.807, 2.05) is 18.2 Å². The lowest BCUT2D eigenvalue weighted by Gasteiger charge is -2.44. The summed E-state index contributed by atoms with van der Waals surface area (Å²) in [5.74, 6) is 2.22. The van der Waals surface area contributed by atoms with Gasteiger partial charge in [-0.1, -0.05) is 12.1 Å². The fourth-order valence-corrected chi connectivity index (χ4v) is 6.62. The van der Waals surface area contributed by atoms with Gasteiger partial charge in [-0.15, -0.1) is 0 Å². The van der Waals surface area contributed by atoms with Crippen LogP contribution in [0.1, 0.15) is 73.1 Å². The molecular weight excluding hydrogens is 450 g/mol. The molecule has 5 aliphatic rings. The smallest absolute Gasteiger partial charge is 0.251 e. The summed E-state index contributed by atoms with van der Waals surface area (Å²) in [6.45, 7) is 11.9. The van der Waals surface area contributed by atoms with Crippen LogP contribution in [0.15, 0.2) is 35.3 Å². The van der Waals surface area contributed by atoms with Crippen LogP contribution in [0.5, 0.6) is 11.5 Å². The Kier molecular flexibility index (Phi) is 5.45. The SMILES string of the molecule is COc1cc2c(c3c1OC(C)(C)C3)C(c1cccc(C(=O)NC3CN4CCC3CC4)c1)=NC(C)(C)C2. The van der Waals surface area contributed by atoms with E-state index in [0.29, 0.717) is 11.5 Å². The number of aliphatic imine (C=N–C) groups is 1. The maximum atomic E-state index is 13.3. The second-order valence-electron chi connectivity index (χ2n) is 12.2. The molecule has 2 bridgehead atoms. The lowest BCUT2D eigenvalue weighted by Crippen LogP contribution is -2.57. The van der Waals surface area contributed by atoms with Crippen LogP contribution in [0.2, 0.25) is 0 Å². The molecule has 2 aromatic carbocycles. The number of amides is 1. The maximum Gasteiger partial charge on any atom is 0.251 e. The summed E-state index contributed by atoms with van der Waals surface area (Å²) in [4.78, 5) is 21.1. The number of nitrogens with one attached hydrogen (secondary N) is 1. The summed E-state index contributed by atoms with van der Waals surface area (Å²) >= 11 is 0. The van der Waals surface area contributed by atoms with E-state index in [1.54, 1.807) is 7.11 Å². The molecule has 2 aromatic rings. The van der Waals surface area contributed by atoms with Gasteiger partial charge in [0.2, 0.25) is 0 Å². The minimum atomic E-state index is -0.306. The number of hydrogen-bond acceptors (Lipinski definition) is 5. The molecule has 5 aliphatic heterocycles. The zero-order valence-electron chi connectivity index (χ0n) is 22.1. The van der Waals surface area contributed by atoms with E-state index in [4.69, 9.17) is 14.5 Å². The molecule has 1 atom stereocenters. The van der Waals surface area contributed by atoms with Gasteiger partial charge in [-0.3, -0.25) is 9.79 Å². The Hall–Kier alpha value is -2.86. The average molecular weight is 488 g/mol. The number of rotatable bonds is 4. The molecule has 0 aliphatic carbocycles. The Morgan fingerprint density at radius 2 is 1.92 bits per heavy atom. The van der Waals surface area contributed by atoms with Crippen LogP contribution in [0, 0.1) is 5.92 Å². The molecule has 0 saturated carbocycles. The highest BCUT2D eigenvalue weighted by atomic mass is 16.5. The molecule has 3 saturated heterocycles. The predicted molar refractivity (Wildman–Crippen MR) is 142 cm³/mol. The van der Waals surface area contributed by atoms with Crippen LogP contribution in [-0.4, -0.2) is 60.4 Å². The first-order valence-electron chi connectivity index (χ1n) is 13.3. The Balaban J connectivity index is 1.38. The molecule has 5 heterocycles. The second kappa shape index (κ2) is 8.34. The third-order valence-corrected chi connectivity index (χ3v) is 8.27. The Bertz CT molecular complexity index is 1250. The highest BCUT2D eigenvalue weighted by Gasteiger charge is 2.40. The van der Waals surface area contributed by atoms with E-state index in [2.05, 4.69) is 50.0 Å². The van der Waals surface area contributed by atoms with Crippen LogP contribution in [0.3, 0.4) is 0 Å². The molecule has 36 heavy (non-hydrogen) atoms. The van der Waals surface area contributed by atoms with Gasteiger partial charge in [0.25, 0.3) is 5.91 Å². The molecule has 0 aromatic heterocycles. The zero-order valence-corrected chi connectivity index (χ0v) is 22.1. The molecule has 1 unspecified atom stereocenters. The van der Waals surface area contributed by atoms with Crippen molar-refractivity contribution in [2.45, 2.75) is 70.6 Å². The van der Waals surface area contributed by atoms with Gasteiger partial charge in [-0.2, -0.15) is 0 Å². The lowest BCUT2D eigenvalue weighted by molar-refractivity contribution is 0.0620. The van der Waals surface area contributed by atoms with Crippen molar-refractivity contribution >= 4 is 11.6 Å². The highest BCUT2D eigenvalue weighted by molar-refractivity contribution is 6.16. The first-order chi connectivity index (χ1) is 17.1. The largest absolute Gasteiger partial charge is 0.493 e. The number of carbonyl (C=O) groups excluding carboxylic acids is 1. The van der Waals surface area contributed by atoms with Gasteiger partial charge in [0.1, 0.15) is 5.60 Å². The van der Waals surface area contributed by atoms with Gasteiger partial charge in [0.15, 0.2) is 11.5 Å². The number of carbonyl (C=O) groups is 1. The average Bonchev–Trinajstić information content (AvgIpc) is 3.18. The van der Waals surface area contributed by atoms with Crippen LogP contribution >= 0.6 is 0 Å². The molecule has 1 amide bonds. The number of benzene rings is 2. The Morgan fingerprint density at radius 1 is 1.14 bits per heavy atom. The molecule has 7 rings (SSSR count). The van der Waals surface area contributed by atoms with Crippen LogP contribution in [0.4, 0.5) is 0 Å². The third kappa shape index (κ3) is 4.09. The summed E-state index contributed by atoms with van der Waals surface area (Å²) in [6, 6.07) is 10.3. The molecule has 3 fully saturated rings. The van der Waals surface area contributed by atoms with E-state index in [9.17, 15) is 4.79 Å². The Morgan fingerprint density at radius 3 is 2.61 bits per heavy atom. The van der Waals surface area contributed by atoms with E-state index in [-0.39, 0.29) is 23.1 Å². The quantitative estimate of drug-likeness (QED) is 0.694. The molecule has 6 heteroatoms. The molecule has 6 nitrogen and oxygen atoms in total. The minimum absolute atomic E-state index is 0.0101. The van der Waals surface area contributed by atoms with E-state index >= 15 is 0 Å². The van der Waals surface area contributed by atoms with Crippen molar-refractivity contribution in [3.8, 4) is 11.5 Å². The number of hydrogen-bond donors (Lipinski definition) is 1.